The van der Waals surface area contributed by atoms with E-state index in [-0.39, 0.29) is 11.3 Å². The molecule has 0 unspecified atom stereocenters. The summed E-state index contributed by atoms with van der Waals surface area (Å²) in [5.41, 5.74) is -1.69. The fourth-order valence-corrected chi connectivity index (χ4v) is 2.54. The molecule has 0 atom stereocenters. The SMILES string of the molecule is CC(C)(C)CCC(C)(C)C(=O)NC(C)(C)COC(C)(C)CCNC(=O)OC(C)(C)C. The molecule has 0 aliphatic heterocycles. The van der Waals surface area contributed by atoms with Crippen LogP contribution >= 0.6 is 0 Å². The van der Waals surface area contributed by atoms with E-state index in [1.165, 1.54) is 0 Å². The van der Waals surface area contributed by atoms with Crippen molar-refractivity contribution in [2.75, 3.05) is 13.2 Å². The predicted molar refractivity (Wildman–Crippen MR) is 124 cm³/mol. The molecule has 6 nitrogen and oxygen atoms in total. The minimum atomic E-state index is -0.515. The van der Waals surface area contributed by atoms with Gasteiger partial charge in [0, 0.05) is 12.0 Å². The van der Waals surface area contributed by atoms with Gasteiger partial charge in [-0.05, 0) is 73.1 Å². The maximum atomic E-state index is 12.9. The molecule has 0 fully saturated rings. The van der Waals surface area contributed by atoms with Crippen LogP contribution < -0.4 is 10.6 Å². The number of nitrogens with one attached hydrogen (secondary N) is 2. The van der Waals surface area contributed by atoms with Crippen molar-refractivity contribution in [1.29, 1.82) is 0 Å². The third-order valence-corrected chi connectivity index (χ3v) is 4.79. The zero-order chi connectivity index (χ0) is 24.0. The number of carbonyl (C=O) groups is 2. The molecular formula is C24H48N2O4. The minimum absolute atomic E-state index is 0.0461. The van der Waals surface area contributed by atoms with Crippen LogP contribution in [0.5, 0.6) is 0 Å². The maximum Gasteiger partial charge on any atom is 0.407 e. The van der Waals surface area contributed by atoms with Gasteiger partial charge in [-0.2, -0.15) is 0 Å². The molecule has 0 aliphatic rings. The molecule has 0 aromatic heterocycles. The Hall–Kier alpha value is -1.30. The highest BCUT2D eigenvalue weighted by Crippen LogP contribution is 2.31. The molecule has 0 heterocycles. The highest BCUT2D eigenvalue weighted by Gasteiger charge is 2.34. The van der Waals surface area contributed by atoms with Gasteiger partial charge in [-0.25, -0.2) is 4.79 Å². The van der Waals surface area contributed by atoms with Crippen molar-refractivity contribution >= 4 is 12.0 Å². The molecule has 30 heavy (non-hydrogen) atoms. The van der Waals surface area contributed by atoms with Crippen molar-refractivity contribution in [2.45, 2.75) is 119 Å². The summed E-state index contributed by atoms with van der Waals surface area (Å²) >= 11 is 0. The predicted octanol–water partition coefficient (Wildman–Crippen LogP) is 5.44. The van der Waals surface area contributed by atoms with Gasteiger partial charge in [-0.3, -0.25) is 4.79 Å². The summed E-state index contributed by atoms with van der Waals surface area (Å²) in [5, 5.41) is 5.91. The summed E-state index contributed by atoms with van der Waals surface area (Å²) in [5.74, 6) is 0.0461. The van der Waals surface area contributed by atoms with E-state index < -0.39 is 28.2 Å². The Morgan fingerprint density at radius 1 is 0.767 bits per heavy atom. The first kappa shape index (κ1) is 28.7. The van der Waals surface area contributed by atoms with Crippen LogP contribution in [0.3, 0.4) is 0 Å². The van der Waals surface area contributed by atoms with E-state index >= 15 is 0 Å². The Bertz CT molecular complexity index is 567. The monoisotopic (exact) mass is 428 g/mol. The van der Waals surface area contributed by atoms with Gasteiger partial charge in [0.2, 0.25) is 5.91 Å². The topological polar surface area (TPSA) is 76.7 Å². The third-order valence-electron chi connectivity index (χ3n) is 4.79. The van der Waals surface area contributed by atoms with E-state index in [4.69, 9.17) is 9.47 Å². The van der Waals surface area contributed by atoms with Gasteiger partial charge in [0.1, 0.15) is 5.60 Å². The van der Waals surface area contributed by atoms with E-state index in [2.05, 4.69) is 31.4 Å². The summed E-state index contributed by atoms with van der Waals surface area (Å²) in [6, 6.07) is 0. The molecular weight excluding hydrogens is 380 g/mol. The standard InChI is InChI=1S/C24H48N2O4/c1-20(2,3)13-14-22(7,8)18(27)26-23(9,10)17-29-24(11,12)15-16-25-19(28)30-21(4,5)6/h13-17H2,1-12H3,(H,25,28)(H,26,27). The Morgan fingerprint density at radius 3 is 1.77 bits per heavy atom. The lowest BCUT2D eigenvalue weighted by molar-refractivity contribution is -0.133. The average Bonchev–Trinajstić information content (AvgIpc) is 2.48. The van der Waals surface area contributed by atoms with Crippen LogP contribution in [0.25, 0.3) is 0 Å². The third kappa shape index (κ3) is 13.8. The Morgan fingerprint density at radius 2 is 1.30 bits per heavy atom. The van der Waals surface area contributed by atoms with Crippen LogP contribution in [0, 0.1) is 10.8 Å². The molecule has 0 radical (unpaired) electrons. The number of ether oxygens (including phenoxy) is 2. The summed E-state index contributed by atoms with van der Waals surface area (Å²) in [4.78, 5) is 24.6. The first-order chi connectivity index (χ1) is 13.1. The highest BCUT2D eigenvalue weighted by molar-refractivity contribution is 5.82. The van der Waals surface area contributed by atoms with Crippen molar-refractivity contribution < 1.29 is 19.1 Å². The Kier molecular flexibility index (Phi) is 9.89. The van der Waals surface area contributed by atoms with E-state index in [9.17, 15) is 9.59 Å². The van der Waals surface area contributed by atoms with Crippen LogP contribution in [-0.2, 0) is 14.3 Å². The van der Waals surface area contributed by atoms with Crippen molar-refractivity contribution in [2.24, 2.45) is 10.8 Å². The van der Waals surface area contributed by atoms with Crippen LogP contribution in [0.4, 0.5) is 4.79 Å². The highest BCUT2D eigenvalue weighted by atomic mass is 16.6. The molecule has 0 spiro atoms. The lowest BCUT2D eigenvalue weighted by atomic mass is 9.79. The number of carbonyl (C=O) groups excluding carboxylic acids is 2. The van der Waals surface area contributed by atoms with E-state index in [0.29, 0.717) is 19.6 Å². The van der Waals surface area contributed by atoms with Crippen molar-refractivity contribution in [1.82, 2.24) is 10.6 Å². The van der Waals surface area contributed by atoms with Gasteiger partial charge in [0.15, 0.2) is 0 Å². The van der Waals surface area contributed by atoms with Crippen molar-refractivity contribution in [3.05, 3.63) is 0 Å². The molecule has 6 heteroatoms. The van der Waals surface area contributed by atoms with Crippen LogP contribution in [0.1, 0.15) is 102 Å². The molecule has 0 aliphatic carbocycles. The van der Waals surface area contributed by atoms with E-state index in [1.807, 2.05) is 62.3 Å². The molecule has 178 valence electrons. The average molecular weight is 429 g/mol. The second kappa shape index (κ2) is 10.3. The quantitative estimate of drug-likeness (QED) is 0.485. The first-order valence-corrected chi connectivity index (χ1v) is 11.1. The van der Waals surface area contributed by atoms with Gasteiger partial charge in [-0.15, -0.1) is 0 Å². The van der Waals surface area contributed by atoms with Gasteiger partial charge in [0.25, 0.3) is 0 Å². The summed E-state index contributed by atoms with van der Waals surface area (Å²) in [6.45, 7) is 24.8. The van der Waals surface area contributed by atoms with Crippen LogP contribution in [-0.4, -0.2) is 41.9 Å². The Balaban J connectivity index is 4.56. The Labute approximate surface area is 185 Å². The second-order valence-corrected chi connectivity index (χ2v) is 12.5. The largest absolute Gasteiger partial charge is 0.444 e. The molecule has 0 bridgehead atoms. The van der Waals surface area contributed by atoms with Crippen molar-refractivity contribution in [3.8, 4) is 0 Å². The lowest BCUT2D eigenvalue weighted by Gasteiger charge is -2.36. The second-order valence-electron chi connectivity index (χ2n) is 12.5. The number of hydrogen-bond acceptors (Lipinski definition) is 4. The van der Waals surface area contributed by atoms with E-state index in [0.717, 1.165) is 12.8 Å². The molecule has 0 aromatic carbocycles. The van der Waals surface area contributed by atoms with Gasteiger partial charge >= 0.3 is 6.09 Å². The molecule has 0 saturated heterocycles. The zero-order valence-corrected chi connectivity index (χ0v) is 21.7. The molecule has 0 saturated carbocycles. The zero-order valence-electron chi connectivity index (χ0n) is 21.7. The fraction of sp³-hybridized carbons (Fsp3) is 0.917. The molecule has 2 N–H and O–H groups in total. The molecule has 0 aromatic rings. The summed E-state index contributed by atoms with van der Waals surface area (Å²) in [6.07, 6.45) is 2.03. The number of rotatable bonds is 10. The number of hydrogen-bond donors (Lipinski definition) is 2. The first-order valence-electron chi connectivity index (χ1n) is 11.1. The van der Waals surface area contributed by atoms with Crippen LogP contribution in [0.15, 0.2) is 0 Å². The fourth-order valence-electron chi connectivity index (χ4n) is 2.54. The normalized spacial score (nSPS) is 13.7. The number of alkyl carbamates (subject to hydrolysis) is 1. The molecule has 0 rings (SSSR count). The minimum Gasteiger partial charge on any atom is -0.444 e. The smallest absolute Gasteiger partial charge is 0.407 e. The van der Waals surface area contributed by atoms with Gasteiger partial charge < -0.3 is 20.1 Å². The summed E-state index contributed by atoms with van der Waals surface area (Å²) in [7, 11) is 0. The molecule has 2 amide bonds. The van der Waals surface area contributed by atoms with Gasteiger partial charge in [0.05, 0.1) is 17.7 Å². The number of amides is 2. The van der Waals surface area contributed by atoms with E-state index in [1.54, 1.807) is 0 Å². The maximum absolute atomic E-state index is 12.9. The van der Waals surface area contributed by atoms with Crippen LogP contribution in [0.2, 0.25) is 0 Å². The lowest BCUT2D eigenvalue weighted by Crippen LogP contribution is -2.52. The van der Waals surface area contributed by atoms with Gasteiger partial charge in [-0.1, -0.05) is 34.6 Å². The summed E-state index contributed by atoms with van der Waals surface area (Å²) < 4.78 is 11.3. The van der Waals surface area contributed by atoms with Crippen molar-refractivity contribution in [3.63, 3.8) is 0 Å².